The van der Waals surface area contributed by atoms with E-state index in [1.807, 2.05) is 0 Å². The van der Waals surface area contributed by atoms with Gasteiger partial charge in [-0.2, -0.15) is 0 Å². The highest BCUT2D eigenvalue weighted by Crippen LogP contribution is 2.49. The first kappa shape index (κ1) is 61.6. The second-order valence-electron chi connectivity index (χ2n) is 24.3. The van der Waals surface area contributed by atoms with Crippen LogP contribution in [-0.4, -0.2) is 126 Å². The van der Waals surface area contributed by atoms with Gasteiger partial charge in [0.2, 0.25) is 5.91 Å². The first-order valence-corrected chi connectivity index (χ1v) is 34.5. The number of alkyl carbamates (subject to hydrolysis) is 2. The van der Waals surface area contributed by atoms with E-state index >= 15 is 0 Å². The van der Waals surface area contributed by atoms with Crippen LogP contribution >= 0.6 is 0 Å². The molecule has 0 aromatic heterocycles. The molecule has 0 aromatic rings. The largest absolute Gasteiger partial charge is 0.462 e. The van der Waals surface area contributed by atoms with Crippen LogP contribution in [0.1, 0.15) is 113 Å². The van der Waals surface area contributed by atoms with E-state index in [0.29, 0.717) is 38.6 Å². The second kappa shape index (κ2) is 26.8. The normalized spacial score (nSPS) is 22.3. The molecule has 0 radical (unpaired) electrons. The van der Waals surface area contributed by atoms with Crippen LogP contribution < -0.4 is 16.0 Å². The van der Waals surface area contributed by atoms with Gasteiger partial charge < -0.3 is 48.5 Å². The minimum atomic E-state index is -2.12. The number of esters is 3. The van der Waals surface area contributed by atoms with Crippen molar-refractivity contribution in [2.75, 3.05) is 52.8 Å². The predicted molar refractivity (Wildman–Crippen MR) is 276 cm³/mol. The van der Waals surface area contributed by atoms with Crippen LogP contribution in [0.25, 0.3) is 0 Å². The van der Waals surface area contributed by atoms with Gasteiger partial charge in [-0.25, -0.2) is 19.2 Å². The zero-order valence-electron chi connectivity index (χ0n) is 45.0. The van der Waals surface area contributed by atoms with Crippen LogP contribution in [0.2, 0.25) is 57.0 Å². The fourth-order valence-electron chi connectivity index (χ4n) is 11.3. The molecule has 2 saturated carbocycles. The molecular weight excluding hydrogens is 935 g/mol. The molecule has 0 heterocycles. The fourth-order valence-corrected chi connectivity index (χ4v) is 30.3. The maximum absolute atomic E-state index is 13.7. The van der Waals surface area contributed by atoms with Crippen LogP contribution in [0.15, 0.2) is 24.3 Å². The third-order valence-electron chi connectivity index (χ3n) is 12.6. The molecule has 4 atom stereocenters. The molecule has 0 aromatic carbocycles. The third-order valence-corrected chi connectivity index (χ3v) is 27.1. The smallest absolute Gasteiger partial charge is 0.407 e. The Labute approximate surface area is 417 Å². The summed E-state index contributed by atoms with van der Waals surface area (Å²) in [5.41, 5.74) is 1.02. The molecular formula is C50H91N3O13Si3. The van der Waals surface area contributed by atoms with Gasteiger partial charge in [-0.3, -0.25) is 9.59 Å². The van der Waals surface area contributed by atoms with Crippen molar-refractivity contribution >= 4 is 60.7 Å². The molecule has 0 aliphatic heterocycles. The predicted octanol–water partition coefficient (Wildman–Crippen LogP) is 9.37. The summed E-state index contributed by atoms with van der Waals surface area (Å²) in [4.78, 5) is 74.4. The van der Waals surface area contributed by atoms with Gasteiger partial charge in [-0.15, -0.1) is 0 Å². The molecule has 16 nitrogen and oxygen atoms in total. The van der Waals surface area contributed by atoms with Gasteiger partial charge in [0.25, 0.3) is 0 Å². The molecule has 3 N–H and O–H groups in total. The maximum atomic E-state index is 13.7. The molecule has 69 heavy (non-hydrogen) atoms. The molecule has 396 valence electrons. The Hall–Kier alpha value is -3.53. The minimum absolute atomic E-state index is 0.00621. The Kier molecular flexibility index (Phi) is 23.9. The first-order valence-electron chi connectivity index (χ1n) is 24.9. The fraction of sp³-hybridized carbons (Fsp3) is 0.800. The van der Waals surface area contributed by atoms with Crippen molar-refractivity contribution in [3.63, 3.8) is 0 Å². The second-order valence-corrected chi connectivity index (χ2v) is 38.7. The lowest BCUT2D eigenvalue weighted by atomic mass is 9.61. The lowest BCUT2D eigenvalue weighted by Crippen LogP contribution is -2.52. The van der Waals surface area contributed by atoms with Gasteiger partial charge in [0, 0.05) is 48.8 Å². The van der Waals surface area contributed by atoms with Gasteiger partial charge >= 0.3 is 30.1 Å². The number of carbonyl (C=O) groups excluding carboxylic acids is 6. The summed E-state index contributed by atoms with van der Waals surface area (Å²) in [7, 11) is -6.15. The number of amides is 3. The summed E-state index contributed by atoms with van der Waals surface area (Å²) in [6.07, 6.45) is 5.52. The average Bonchev–Trinajstić information content (AvgIpc) is 3.16. The summed E-state index contributed by atoms with van der Waals surface area (Å²) >= 11 is 0. The van der Waals surface area contributed by atoms with Crippen LogP contribution in [0, 0.1) is 21.7 Å². The van der Waals surface area contributed by atoms with Crippen LogP contribution in [0.3, 0.4) is 0 Å². The van der Waals surface area contributed by atoms with Crippen molar-refractivity contribution in [2.45, 2.75) is 182 Å². The number of nitrogens with one attached hydrogen (secondary N) is 3. The van der Waals surface area contributed by atoms with Gasteiger partial charge in [-0.05, 0) is 125 Å². The van der Waals surface area contributed by atoms with E-state index in [0.717, 1.165) is 50.2 Å². The van der Waals surface area contributed by atoms with E-state index in [-0.39, 0.29) is 96.2 Å². The molecule has 2 rings (SSSR count). The Balaban J connectivity index is 1.72. The zero-order valence-corrected chi connectivity index (χ0v) is 48.0. The van der Waals surface area contributed by atoms with Crippen molar-refractivity contribution in [3.05, 3.63) is 24.3 Å². The zero-order chi connectivity index (χ0) is 52.5. The summed E-state index contributed by atoms with van der Waals surface area (Å²) < 4.78 is 38.8. The highest BCUT2D eigenvalue weighted by atomic mass is 28.4. The molecule has 2 fully saturated rings. The Morgan fingerprint density at radius 2 is 1.09 bits per heavy atom. The third kappa shape index (κ3) is 25.9. The summed E-state index contributed by atoms with van der Waals surface area (Å²) in [5.74, 6) is -1.31. The lowest BCUT2D eigenvalue weighted by molar-refractivity contribution is -0.150. The van der Waals surface area contributed by atoms with Gasteiger partial charge in [-0.1, -0.05) is 67.8 Å². The van der Waals surface area contributed by atoms with Gasteiger partial charge in [0.1, 0.15) is 33.0 Å². The van der Waals surface area contributed by atoms with Crippen molar-refractivity contribution in [1.82, 2.24) is 16.0 Å². The van der Waals surface area contributed by atoms with Crippen LogP contribution in [-0.2, 0) is 51.7 Å². The number of rotatable bonds is 28. The monoisotopic (exact) mass is 1030 g/mol. The van der Waals surface area contributed by atoms with Gasteiger partial charge in [0.15, 0.2) is 16.6 Å². The summed E-state index contributed by atoms with van der Waals surface area (Å²) in [6, 6.07) is 1.34. The molecule has 0 spiro atoms. The first-order chi connectivity index (χ1) is 31.6. The number of hydrogen-bond donors (Lipinski definition) is 3. The molecule has 2 aliphatic rings. The molecule has 2 aliphatic carbocycles. The Morgan fingerprint density at radius 3 is 1.67 bits per heavy atom. The molecule has 0 saturated heterocycles. The van der Waals surface area contributed by atoms with Crippen molar-refractivity contribution < 1.29 is 61.3 Å². The van der Waals surface area contributed by atoms with E-state index in [1.54, 1.807) is 13.8 Å². The van der Waals surface area contributed by atoms with E-state index in [4.69, 9.17) is 32.5 Å². The average molecular weight is 1030 g/mol. The maximum Gasteiger partial charge on any atom is 0.407 e. The number of ether oxygens (including phenoxy) is 6. The minimum Gasteiger partial charge on any atom is -0.462 e. The standard InChI is InChI=1S/C50H91N3O13Si3/c1-37(2)43(56)62-24-23-61-42(55)18-19-49(9)30-40(29-47(5,6)33-49)53-46(59)65-22-21-60-20-17-27-68(13,14)66-69(15,16)36-67(11,12)32-41(54)52-39-28-48(7,8)34-50(10,31-39)35-51-45(58)64-26-25-63-44(57)38(3)4/h39-40H,1,3,17-36H2,2,4-16H3,(H,51,58)(H,52,54)(H,53,59). The summed E-state index contributed by atoms with van der Waals surface area (Å²) in [6.45, 7) is 38.1. The number of carbonyl (C=O) groups is 6. The van der Waals surface area contributed by atoms with E-state index in [2.05, 4.69) is 110 Å². The topological polar surface area (TPSA) is 203 Å². The quantitative estimate of drug-likeness (QED) is 0.0220. The molecule has 0 bridgehead atoms. The van der Waals surface area contributed by atoms with Crippen molar-refractivity contribution in [3.8, 4) is 0 Å². The number of hydrogen-bond acceptors (Lipinski definition) is 13. The van der Waals surface area contributed by atoms with E-state index in [1.165, 1.54) is 0 Å². The van der Waals surface area contributed by atoms with E-state index < -0.39 is 48.8 Å². The lowest BCUT2D eigenvalue weighted by Gasteiger charge is -2.47. The van der Waals surface area contributed by atoms with Crippen LogP contribution in [0.5, 0.6) is 0 Å². The molecule has 4 unspecified atom stereocenters. The van der Waals surface area contributed by atoms with Crippen LogP contribution in [0.4, 0.5) is 9.59 Å². The van der Waals surface area contributed by atoms with Gasteiger partial charge in [0.05, 0.1) is 14.7 Å². The van der Waals surface area contributed by atoms with Crippen molar-refractivity contribution in [1.29, 1.82) is 0 Å². The molecule has 19 heteroatoms. The Bertz CT molecular complexity index is 1790. The highest BCUT2D eigenvalue weighted by molar-refractivity contribution is 6.97. The SMILES string of the molecule is C=C(C)C(=O)OCCOC(=O)CCC1(C)CC(NC(=O)OCCOCCC[Si](C)(C)O[Si](C)(C)C[Si](C)(C)CC(=O)NC2CC(C)(C)CC(C)(CNC(=O)OCCOC(=O)C(=C)C)C2)CC(C)(C)C1. The highest BCUT2D eigenvalue weighted by Gasteiger charge is 2.44. The van der Waals surface area contributed by atoms with E-state index in [9.17, 15) is 28.8 Å². The molecule has 3 amide bonds. The van der Waals surface area contributed by atoms with Crippen molar-refractivity contribution in [2.24, 2.45) is 21.7 Å². The Morgan fingerprint density at radius 1 is 0.594 bits per heavy atom. The summed E-state index contributed by atoms with van der Waals surface area (Å²) in [5, 5.41) is 9.31.